The summed E-state index contributed by atoms with van der Waals surface area (Å²) >= 11 is 2.14. The minimum Gasteiger partial charge on any atom is -0.491 e. The first-order valence-electron chi connectivity index (χ1n) is 8.71. The molecule has 2 rings (SSSR count). The zero-order valence-corrected chi connectivity index (χ0v) is 17.6. The molecule has 0 amide bonds. The maximum absolute atomic E-state index is 9.59. The Balaban J connectivity index is 2.06. The van der Waals surface area contributed by atoms with Crippen molar-refractivity contribution in [1.82, 2.24) is 0 Å². The highest BCUT2D eigenvalue weighted by Crippen LogP contribution is 2.33. The molecule has 5 heteroatoms. The van der Waals surface area contributed by atoms with E-state index in [0.717, 1.165) is 11.5 Å². The van der Waals surface area contributed by atoms with Gasteiger partial charge in [-0.3, -0.25) is 0 Å². The Labute approximate surface area is 169 Å². The van der Waals surface area contributed by atoms with Crippen molar-refractivity contribution in [2.45, 2.75) is 38.4 Å². The predicted molar refractivity (Wildman–Crippen MR) is 113 cm³/mol. The second-order valence-electron chi connectivity index (χ2n) is 6.95. The standard InChI is InChI=1S/C21H27IO4/c1-15(23)13-25-19-8-4-16(5-9-19)21(2,3)17-6-10-20(11-7-17)26-14-18(24)12-22/h4-11,15,18,23-24H,12-14H2,1-3H3. The number of alkyl halides is 1. The summed E-state index contributed by atoms with van der Waals surface area (Å²) in [6, 6.07) is 16.0. The summed E-state index contributed by atoms with van der Waals surface area (Å²) in [6.07, 6.45) is -0.925. The Morgan fingerprint density at radius 3 is 1.65 bits per heavy atom. The maximum atomic E-state index is 9.59. The SMILES string of the molecule is CC(O)COc1ccc(C(C)(C)c2ccc(OCC(O)CI)cc2)cc1. The van der Waals surface area contributed by atoms with E-state index < -0.39 is 12.2 Å². The molecule has 142 valence electrons. The van der Waals surface area contributed by atoms with Crippen molar-refractivity contribution >= 4 is 22.6 Å². The van der Waals surface area contributed by atoms with Crippen LogP contribution in [0.15, 0.2) is 48.5 Å². The molecular weight excluding hydrogens is 443 g/mol. The van der Waals surface area contributed by atoms with Gasteiger partial charge in [-0.2, -0.15) is 0 Å². The number of ether oxygens (including phenoxy) is 2. The Morgan fingerprint density at radius 2 is 1.27 bits per heavy atom. The van der Waals surface area contributed by atoms with E-state index in [1.54, 1.807) is 6.92 Å². The van der Waals surface area contributed by atoms with Crippen molar-refractivity contribution in [3.63, 3.8) is 0 Å². The van der Waals surface area contributed by atoms with E-state index in [4.69, 9.17) is 9.47 Å². The molecule has 0 aliphatic carbocycles. The molecule has 4 nitrogen and oxygen atoms in total. The van der Waals surface area contributed by atoms with Gasteiger partial charge in [0.25, 0.3) is 0 Å². The lowest BCUT2D eigenvalue weighted by molar-refractivity contribution is 0.122. The third kappa shape index (κ3) is 5.86. The summed E-state index contributed by atoms with van der Waals surface area (Å²) in [6.45, 7) is 6.65. The molecule has 0 radical (unpaired) electrons. The van der Waals surface area contributed by atoms with Crippen LogP contribution in [0.25, 0.3) is 0 Å². The van der Waals surface area contributed by atoms with Crippen LogP contribution < -0.4 is 9.47 Å². The van der Waals surface area contributed by atoms with Crippen LogP contribution in [0, 0.1) is 0 Å². The van der Waals surface area contributed by atoms with E-state index in [2.05, 4.69) is 60.7 Å². The average Bonchev–Trinajstić information content (AvgIpc) is 2.65. The molecule has 2 atom stereocenters. The predicted octanol–water partition coefficient (Wildman–Crippen LogP) is 3.95. The Hall–Kier alpha value is -1.31. The Kier molecular flexibility index (Phi) is 7.73. The molecule has 26 heavy (non-hydrogen) atoms. The second kappa shape index (κ2) is 9.58. The fourth-order valence-electron chi connectivity index (χ4n) is 2.56. The van der Waals surface area contributed by atoms with Crippen LogP contribution in [0.1, 0.15) is 31.9 Å². The lowest BCUT2D eigenvalue weighted by Crippen LogP contribution is -2.20. The monoisotopic (exact) mass is 470 g/mol. The highest BCUT2D eigenvalue weighted by Gasteiger charge is 2.23. The van der Waals surface area contributed by atoms with Crippen LogP contribution in [0.2, 0.25) is 0 Å². The second-order valence-corrected chi connectivity index (χ2v) is 7.83. The van der Waals surface area contributed by atoms with Crippen LogP contribution in [-0.4, -0.2) is 40.1 Å². The van der Waals surface area contributed by atoms with Crippen LogP contribution in [0.4, 0.5) is 0 Å². The smallest absolute Gasteiger partial charge is 0.119 e. The first-order chi connectivity index (χ1) is 12.3. The molecule has 0 fully saturated rings. The van der Waals surface area contributed by atoms with Gasteiger partial charge in [0, 0.05) is 9.84 Å². The summed E-state index contributed by atoms with van der Waals surface area (Å²) in [5.41, 5.74) is 2.19. The van der Waals surface area contributed by atoms with Gasteiger partial charge in [0.2, 0.25) is 0 Å². The van der Waals surface area contributed by atoms with Gasteiger partial charge in [-0.25, -0.2) is 0 Å². The molecule has 0 aromatic heterocycles. The molecule has 0 heterocycles. The molecule has 0 bridgehead atoms. The lowest BCUT2D eigenvalue weighted by Gasteiger charge is -2.26. The van der Waals surface area contributed by atoms with Gasteiger partial charge in [0.1, 0.15) is 24.7 Å². The maximum Gasteiger partial charge on any atom is 0.119 e. The van der Waals surface area contributed by atoms with Crippen molar-refractivity contribution in [3.8, 4) is 11.5 Å². The van der Waals surface area contributed by atoms with Crippen molar-refractivity contribution in [3.05, 3.63) is 59.7 Å². The average molecular weight is 470 g/mol. The number of halogens is 1. The van der Waals surface area contributed by atoms with Crippen LogP contribution in [0.3, 0.4) is 0 Å². The first-order valence-corrected chi connectivity index (χ1v) is 10.2. The molecule has 0 spiro atoms. The number of aliphatic hydroxyl groups excluding tert-OH is 2. The van der Waals surface area contributed by atoms with E-state index in [1.807, 2.05) is 24.3 Å². The van der Waals surface area contributed by atoms with Crippen molar-refractivity contribution in [2.24, 2.45) is 0 Å². The third-order valence-corrected chi connectivity index (χ3v) is 5.28. The zero-order valence-electron chi connectivity index (χ0n) is 15.5. The van der Waals surface area contributed by atoms with Gasteiger partial charge in [0.05, 0.1) is 12.2 Å². The van der Waals surface area contributed by atoms with Gasteiger partial charge in [0.15, 0.2) is 0 Å². The number of hydrogen-bond acceptors (Lipinski definition) is 4. The molecule has 0 aliphatic heterocycles. The Morgan fingerprint density at radius 1 is 0.846 bits per heavy atom. The minimum absolute atomic E-state index is 0.164. The number of benzene rings is 2. The molecular formula is C21H27IO4. The summed E-state index contributed by atoms with van der Waals surface area (Å²) in [5.74, 6) is 1.51. The fourth-order valence-corrected chi connectivity index (χ4v) is 2.81. The summed E-state index contributed by atoms with van der Waals surface area (Å²) in [4.78, 5) is 0. The number of hydrogen-bond donors (Lipinski definition) is 2. The van der Waals surface area contributed by atoms with E-state index in [-0.39, 0.29) is 12.0 Å². The topological polar surface area (TPSA) is 58.9 Å². The van der Waals surface area contributed by atoms with E-state index >= 15 is 0 Å². The third-order valence-electron chi connectivity index (χ3n) is 4.26. The highest BCUT2D eigenvalue weighted by molar-refractivity contribution is 14.1. The van der Waals surface area contributed by atoms with Crippen LogP contribution in [0.5, 0.6) is 11.5 Å². The Bertz CT molecular complexity index is 665. The fraction of sp³-hybridized carbons (Fsp3) is 0.429. The van der Waals surface area contributed by atoms with E-state index in [9.17, 15) is 10.2 Å². The molecule has 0 saturated heterocycles. The van der Waals surface area contributed by atoms with Gasteiger partial charge >= 0.3 is 0 Å². The zero-order chi connectivity index (χ0) is 19.2. The van der Waals surface area contributed by atoms with Gasteiger partial charge in [-0.15, -0.1) is 0 Å². The van der Waals surface area contributed by atoms with E-state index in [1.165, 1.54) is 11.1 Å². The molecule has 0 aliphatic rings. The summed E-state index contributed by atoms with van der Waals surface area (Å²) < 4.78 is 11.8. The quantitative estimate of drug-likeness (QED) is 0.431. The highest BCUT2D eigenvalue weighted by atomic mass is 127. The van der Waals surface area contributed by atoms with Crippen LogP contribution in [-0.2, 0) is 5.41 Å². The normalized spacial score (nSPS) is 13.9. The van der Waals surface area contributed by atoms with E-state index in [0.29, 0.717) is 11.0 Å². The number of rotatable bonds is 9. The van der Waals surface area contributed by atoms with Gasteiger partial charge in [-0.05, 0) is 42.3 Å². The van der Waals surface area contributed by atoms with Crippen molar-refractivity contribution < 1.29 is 19.7 Å². The molecule has 2 aromatic carbocycles. The van der Waals surface area contributed by atoms with Crippen molar-refractivity contribution in [2.75, 3.05) is 17.6 Å². The first kappa shape index (κ1) is 21.0. The van der Waals surface area contributed by atoms with Gasteiger partial charge < -0.3 is 19.7 Å². The number of aliphatic hydroxyl groups is 2. The summed E-state index contributed by atoms with van der Waals surface area (Å²) in [7, 11) is 0. The lowest BCUT2D eigenvalue weighted by atomic mass is 9.78. The molecule has 0 saturated carbocycles. The molecule has 2 aromatic rings. The molecule has 2 N–H and O–H groups in total. The summed E-state index contributed by atoms with van der Waals surface area (Å²) in [5, 5.41) is 18.9. The minimum atomic E-state index is -0.482. The largest absolute Gasteiger partial charge is 0.491 e. The van der Waals surface area contributed by atoms with Gasteiger partial charge in [-0.1, -0.05) is 60.7 Å². The van der Waals surface area contributed by atoms with Crippen molar-refractivity contribution in [1.29, 1.82) is 0 Å². The molecule has 2 unspecified atom stereocenters. The van der Waals surface area contributed by atoms with Crippen LogP contribution >= 0.6 is 22.6 Å².